The molecule has 1 aromatic heterocycles. The monoisotopic (exact) mass is 461 g/mol. The van der Waals surface area contributed by atoms with Crippen molar-refractivity contribution in [3.63, 3.8) is 0 Å². The minimum Gasteiger partial charge on any atom is -0.398 e. The predicted molar refractivity (Wildman–Crippen MR) is 128 cm³/mol. The average Bonchev–Trinajstić information content (AvgIpc) is 2.81. The van der Waals surface area contributed by atoms with E-state index in [0.717, 1.165) is 55.0 Å². The SMILES string of the molecule is C#C.CC(C)N1CCCCC1.Nc1cc(C(F)(F)F)ccc1-c1nnc(N)c2c1CCCC2. The van der Waals surface area contributed by atoms with Crippen molar-refractivity contribution >= 4 is 11.5 Å². The Morgan fingerprint density at radius 1 is 0.909 bits per heavy atom. The quantitative estimate of drug-likeness (QED) is 0.466. The Balaban J connectivity index is 0.000000293. The maximum Gasteiger partial charge on any atom is 0.416 e. The van der Waals surface area contributed by atoms with Gasteiger partial charge in [0.2, 0.25) is 0 Å². The van der Waals surface area contributed by atoms with Crippen LogP contribution in [0.3, 0.4) is 0 Å². The van der Waals surface area contributed by atoms with Crippen LogP contribution in [0.5, 0.6) is 0 Å². The van der Waals surface area contributed by atoms with Crippen LogP contribution in [0.25, 0.3) is 11.3 Å². The molecule has 2 heterocycles. The van der Waals surface area contributed by atoms with E-state index < -0.39 is 11.7 Å². The molecule has 180 valence electrons. The molecular formula is C25H34F3N5. The van der Waals surface area contributed by atoms with Gasteiger partial charge in [-0.3, -0.25) is 0 Å². The first-order valence-electron chi connectivity index (χ1n) is 11.4. The van der Waals surface area contributed by atoms with E-state index in [4.69, 9.17) is 11.5 Å². The van der Waals surface area contributed by atoms with Crippen molar-refractivity contribution in [1.29, 1.82) is 0 Å². The number of piperidine rings is 1. The first-order valence-corrected chi connectivity index (χ1v) is 11.4. The number of hydrogen-bond donors (Lipinski definition) is 2. The number of nitrogens with two attached hydrogens (primary N) is 2. The van der Waals surface area contributed by atoms with Gasteiger partial charge >= 0.3 is 6.18 Å². The van der Waals surface area contributed by atoms with E-state index in [-0.39, 0.29) is 5.69 Å². The van der Waals surface area contributed by atoms with E-state index in [9.17, 15) is 13.2 Å². The molecule has 1 aromatic carbocycles. The number of likely N-dealkylation sites (tertiary alicyclic amines) is 1. The second kappa shape index (κ2) is 11.9. The Kier molecular flexibility index (Phi) is 9.54. The van der Waals surface area contributed by atoms with E-state index >= 15 is 0 Å². The van der Waals surface area contributed by atoms with Crippen LogP contribution >= 0.6 is 0 Å². The van der Waals surface area contributed by atoms with E-state index in [0.29, 0.717) is 17.1 Å². The van der Waals surface area contributed by atoms with Crippen LogP contribution in [0.1, 0.15) is 62.6 Å². The molecule has 4 N–H and O–H groups in total. The lowest BCUT2D eigenvalue weighted by Crippen LogP contribution is -2.35. The highest BCUT2D eigenvalue weighted by Crippen LogP contribution is 2.37. The van der Waals surface area contributed by atoms with Crippen molar-refractivity contribution in [2.45, 2.75) is 71.0 Å². The Labute approximate surface area is 194 Å². The summed E-state index contributed by atoms with van der Waals surface area (Å²) >= 11 is 0. The van der Waals surface area contributed by atoms with Gasteiger partial charge in [0.1, 0.15) is 5.82 Å². The highest BCUT2D eigenvalue weighted by molar-refractivity contribution is 5.78. The number of nitrogen functional groups attached to an aromatic ring is 2. The maximum absolute atomic E-state index is 12.7. The Morgan fingerprint density at radius 3 is 2.03 bits per heavy atom. The van der Waals surface area contributed by atoms with Crippen LogP contribution < -0.4 is 11.5 Å². The third-order valence-electron chi connectivity index (χ3n) is 6.08. The third-order valence-corrected chi connectivity index (χ3v) is 6.08. The molecule has 1 aliphatic heterocycles. The molecule has 4 rings (SSSR count). The van der Waals surface area contributed by atoms with Crippen molar-refractivity contribution in [2.24, 2.45) is 0 Å². The molecule has 2 aliphatic rings. The van der Waals surface area contributed by atoms with Crippen molar-refractivity contribution in [3.8, 4) is 24.1 Å². The van der Waals surface area contributed by atoms with Gasteiger partial charge in [-0.25, -0.2) is 0 Å². The number of anilines is 2. The van der Waals surface area contributed by atoms with Gasteiger partial charge in [-0.2, -0.15) is 13.2 Å². The number of fused-ring (bicyclic) bond motifs is 1. The minimum atomic E-state index is -4.42. The summed E-state index contributed by atoms with van der Waals surface area (Å²) in [5.41, 5.74) is 13.8. The summed E-state index contributed by atoms with van der Waals surface area (Å²) < 4.78 is 38.2. The number of benzene rings is 1. The third kappa shape index (κ3) is 6.84. The van der Waals surface area contributed by atoms with Crippen LogP contribution in [0.4, 0.5) is 24.7 Å². The lowest BCUT2D eigenvalue weighted by molar-refractivity contribution is -0.137. The normalized spacial score (nSPS) is 16.1. The topological polar surface area (TPSA) is 81.1 Å². The van der Waals surface area contributed by atoms with Gasteiger partial charge in [0, 0.05) is 22.9 Å². The number of alkyl halides is 3. The summed E-state index contributed by atoms with van der Waals surface area (Å²) in [5, 5.41) is 8.01. The zero-order chi connectivity index (χ0) is 24.6. The molecule has 1 saturated heterocycles. The smallest absolute Gasteiger partial charge is 0.398 e. The van der Waals surface area contributed by atoms with E-state index in [1.165, 1.54) is 38.4 Å². The largest absolute Gasteiger partial charge is 0.416 e. The fraction of sp³-hybridized carbons (Fsp3) is 0.520. The van der Waals surface area contributed by atoms with E-state index in [2.05, 4.69) is 41.8 Å². The molecule has 0 spiro atoms. The molecule has 0 radical (unpaired) electrons. The van der Waals surface area contributed by atoms with Crippen LogP contribution in [-0.4, -0.2) is 34.2 Å². The zero-order valence-corrected chi connectivity index (χ0v) is 19.5. The summed E-state index contributed by atoms with van der Waals surface area (Å²) in [7, 11) is 0. The lowest BCUT2D eigenvalue weighted by atomic mass is 9.89. The van der Waals surface area contributed by atoms with Gasteiger partial charge in [0.25, 0.3) is 0 Å². The Bertz CT molecular complexity index is 932. The molecule has 0 amide bonds. The highest BCUT2D eigenvalue weighted by atomic mass is 19.4. The molecule has 0 bridgehead atoms. The van der Waals surface area contributed by atoms with Gasteiger partial charge in [-0.05, 0) is 83.2 Å². The first kappa shape index (κ1) is 26.5. The van der Waals surface area contributed by atoms with Crippen molar-refractivity contribution in [3.05, 3.63) is 34.9 Å². The van der Waals surface area contributed by atoms with Gasteiger partial charge in [-0.15, -0.1) is 23.0 Å². The molecule has 5 nitrogen and oxygen atoms in total. The van der Waals surface area contributed by atoms with Crippen LogP contribution in [0, 0.1) is 12.8 Å². The van der Waals surface area contributed by atoms with E-state index in [1.807, 2.05) is 0 Å². The second-order valence-electron chi connectivity index (χ2n) is 8.59. The number of halogens is 3. The average molecular weight is 462 g/mol. The summed E-state index contributed by atoms with van der Waals surface area (Å²) in [5.74, 6) is 0.393. The zero-order valence-electron chi connectivity index (χ0n) is 19.5. The number of hydrogen-bond acceptors (Lipinski definition) is 5. The predicted octanol–water partition coefficient (Wildman–Crippen LogP) is 5.34. The van der Waals surface area contributed by atoms with Crippen molar-refractivity contribution in [1.82, 2.24) is 15.1 Å². The Hall–Kier alpha value is -2.79. The van der Waals surface area contributed by atoms with E-state index in [1.54, 1.807) is 0 Å². The summed E-state index contributed by atoms with van der Waals surface area (Å²) in [6.07, 6.45) is 11.5. The maximum atomic E-state index is 12.7. The summed E-state index contributed by atoms with van der Waals surface area (Å²) in [6.45, 7) is 7.23. The molecule has 2 aromatic rings. The lowest BCUT2D eigenvalue weighted by Gasteiger charge is -2.29. The molecule has 0 atom stereocenters. The van der Waals surface area contributed by atoms with Crippen molar-refractivity contribution in [2.75, 3.05) is 24.6 Å². The summed E-state index contributed by atoms with van der Waals surface area (Å²) in [6, 6.07) is 4.07. The standard InChI is InChI=1S/C15H15F3N4.C8H17N.C2H2/c16-15(17,18)8-5-6-11(12(19)7-8)13-9-3-1-2-4-10(9)14(20)22-21-13;1-8(2)9-6-4-3-5-7-9;1-2/h5-7H,1-4,19H2,(H2,20,22);8H,3-7H2,1-2H3;1-2H. The van der Waals surface area contributed by atoms with Crippen LogP contribution in [-0.2, 0) is 19.0 Å². The minimum absolute atomic E-state index is 0.0432. The molecule has 0 saturated carbocycles. The Morgan fingerprint density at radius 2 is 1.52 bits per heavy atom. The molecule has 8 heteroatoms. The van der Waals surface area contributed by atoms with Crippen LogP contribution in [0.2, 0.25) is 0 Å². The number of terminal acetylenes is 1. The fourth-order valence-corrected chi connectivity index (χ4v) is 4.28. The molecular weight excluding hydrogens is 427 g/mol. The summed E-state index contributed by atoms with van der Waals surface area (Å²) in [4.78, 5) is 2.56. The molecule has 33 heavy (non-hydrogen) atoms. The van der Waals surface area contributed by atoms with Crippen LogP contribution in [0.15, 0.2) is 18.2 Å². The molecule has 1 fully saturated rings. The molecule has 0 unspecified atom stereocenters. The first-order chi connectivity index (χ1) is 15.7. The van der Waals surface area contributed by atoms with Gasteiger partial charge < -0.3 is 16.4 Å². The van der Waals surface area contributed by atoms with Gasteiger partial charge in [-0.1, -0.05) is 12.5 Å². The second-order valence-corrected chi connectivity index (χ2v) is 8.59. The van der Waals surface area contributed by atoms with Gasteiger partial charge in [0.05, 0.1) is 11.3 Å². The number of rotatable bonds is 2. The van der Waals surface area contributed by atoms with Gasteiger partial charge in [0.15, 0.2) is 0 Å². The fourth-order valence-electron chi connectivity index (χ4n) is 4.28. The van der Waals surface area contributed by atoms with Crippen molar-refractivity contribution < 1.29 is 13.2 Å². The highest BCUT2D eigenvalue weighted by Gasteiger charge is 2.31. The number of aromatic nitrogens is 2. The number of nitrogens with zero attached hydrogens (tertiary/aromatic N) is 3. The molecule has 1 aliphatic carbocycles.